The third-order valence-corrected chi connectivity index (χ3v) is 4.10. The highest BCUT2D eigenvalue weighted by molar-refractivity contribution is 5.77. The molecular formula is C17H26N2O. The minimum atomic E-state index is 0.312. The molecule has 0 bridgehead atoms. The van der Waals surface area contributed by atoms with E-state index in [0.717, 1.165) is 32.4 Å². The molecule has 3 nitrogen and oxygen atoms in total. The summed E-state index contributed by atoms with van der Waals surface area (Å²) in [7, 11) is 1.96. The van der Waals surface area contributed by atoms with Gasteiger partial charge in [-0.2, -0.15) is 0 Å². The highest BCUT2D eigenvalue weighted by Crippen LogP contribution is 2.18. The van der Waals surface area contributed by atoms with Gasteiger partial charge in [-0.1, -0.05) is 29.8 Å². The van der Waals surface area contributed by atoms with E-state index in [-0.39, 0.29) is 0 Å². The molecule has 0 aromatic heterocycles. The summed E-state index contributed by atoms with van der Waals surface area (Å²) in [5, 5.41) is 3.21. The van der Waals surface area contributed by atoms with Crippen molar-refractivity contribution in [2.24, 2.45) is 0 Å². The number of nitrogens with zero attached hydrogens (tertiary/aromatic N) is 1. The molecule has 1 N–H and O–H groups in total. The van der Waals surface area contributed by atoms with Crippen molar-refractivity contribution in [2.75, 3.05) is 20.1 Å². The maximum atomic E-state index is 12.4. The summed E-state index contributed by atoms with van der Waals surface area (Å²) in [5.74, 6) is 0.312. The van der Waals surface area contributed by atoms with E-state index < -0.39 is 0 Å². The van der Waals surface area contributed by atoms with Gasteiger partial charge in [-0.15, -0.1) is 0 Å². The van der Waals surface area contributed by atoms with E-state index in [4.69, 9.17) is 0 Å². The van der Waals surface area contributed by atoms with E-state index >= 15 is 0 Å². The summed E-state index contributed by atoms with van der Waals surface area (Å²) in [6.45, 7) is 3.94. The molecule has 1 heterocycles. The van der Waals surface area contributed by atoms with Crippen LogP contribution >= 0.6 is 0 Å². The molecule has 0 spiro atoms. The van der Waals surface area contributed by atoms with Crippen LogP contribution in [0.15, 0.2) is 24.3 Å². The van der Waals surface area contributed by atoms with Crippen LogP contribution in [0.5, 0.6) is 0 Å². The molecule has 1 atom stereocenters. The average molecular weight is 274 g/mol. The second kappa shape index (κ2) is 7.44. The second-order valence-corrected chi connectivity index (χ2v) is 5.78. The number of hydrogen-bond donors (Lipinski definition) is 1. The Bertz CT molecular complexity index is 442. The van der Waals surface area contributed by atoms with Gasteiger partial charge in [0.1, 0.15) is 0 Å². The number of amides is 1. The molecule has 0 radical (unpaired) electrons. The Kier molecular flexibility index (Phi) is 5.60. The van der Waals surface area contributed by atoms with E-state index in [2.05, 4.69) is 41.4 Å². The lowest BCUT2D eigenvalue weighted by atomic mass is 10.0. The van der Waals surface area contributed by atoms with E-state index in [1.165, 1.54) is 17.5 Å². The third kappa shape index (κ3) is 4.07. The van der Waals surface area contributed by atoms with E-state index in [1.54, 1.807) is 0 Å². The molecule has 1 aliphatic rings. The minimum Gasteiger partial charge on any atom is -0.338 e. The molecule has 1 fully saturated rings. The van der Waals surface area contributed by atoms with Crippen molar-refractivity contribution in [1.29, 1.82) is 0 Å². The molecule has 0 saturated carbocycles. The lowest BCUT2D eigenvalue weighted by Crippen LogP contribution is -2.48. The van der Waals surface area contributed by atoms with Gasteiger partial charge in [0, 0.05) is 25.6 Å². The molecule has 1 aromatic rings. The van der Waals surface area contributed by atoms with Crippen molar-refractivity contribution in [1.82, 2.24) is 10.2 Å². The van der Waals surface area contributed by atoms with Gasteiger partial charge in [0.05, 0.1) is 0 Å². The second-order valence-electron chi connectivity index (χ2n) is 5.78. The topological polar surface area (TPSA) is 32.3 Å². The number of piperidine rings is 1. The van der Waals surface area contributed by atoms with Crippen LogP contribution in [0.3, 0.4) is 0 Å². The predicted molar refractivity (Wildman–Crippen MR) is 82.8 cm³/mol. The Labute approximate surface area is 122 Å². The Balaban J connectivity index is 1.89. The summed E-state index contributed by atoms with van der Waals surface area (Å²) >= 11 is 0. The fourth-order valence-electron chi connectivity index (χ4n) is 3.04. The number of nitrogens with one attached hydrogen (secondary N) is 1. The third-order valence-electron chi connectivity index (χ3n) is 4.10. The maximum Gasteiger partial charge on any atom is 0.223 e. The van der Waals surface area contributed by atoms with Gasteiger partial charge in [0.25, 0.3) is 0 Å². The number of rotatable bonds is 5. The number of carbonyl (C=O) groups is 1. The largest absolute Gasteiger partial charge is 0.338 e. The SMILES string of the molecule is CNCC1CCCCN1C(=O)CCc1cccc(C)c1. The van der Waals surface area contributed by atoms with Crippen LogP contribution in [0.25, 0.3) is 0 Å². The quantitative estimate of drug-likeness (QED) is 0.895. The first kappa shape index (κ1) is 15.0. The molecule has 3 heteroatoms. The first-order chi connectivity index (χ1) is 9.70. The Morgan fingerprint density at radius 3 is 3.00 bits per heavy atom. The highest BCUT2D eigenvalue weighted by atomic mass is 16.2. The number of carbonyl (C=O) groups excluding carboxylic acids is 1. The maximum absolute atomic E-state index is 12.4. The fourth-order valence-corrected chi connectivity index (χ4v) is 3.04. The van der Waals surface area contributed by atoms with Gasteiger partial charge in [0.2, 0.25) is 5.91 Å². The van der Waals surface area contributed by atoms with E-state index in [1.807, 2.05) is 7.05 Å². The normalized spacial score (nSPS) is 19.1. The van der Waals surface area contributed by atoms with Gasteiger partial charge in [0.15, 0.2) is 0 Å². The Morgan fingerprint density at radius 1 is 1.40 bits per heavy atom. The molecular weight excluding hydrogens is 248 g/mol. The zero-order valence-corrected chi connectivity index (χ0v) is 12.7. The predicted octanol–water partition coefficient (Wildman–Crippen LogP) is 2.53. The Morgan fingerprint density at radius 2 is 2.25 bits per heavy atom. The van der Waals surface area contributed by atoms with Gasteiger partial charge in [-0.25, -0.2) is 0 Å². The van der Waals surface area contributed by atoms with Crippen molar-refractivity contribution >= 4 is 5.91 Å². The number of benzene rings is 1. The lowest BCUT2D eigenvalue weighted by molar-refractivity contribution is -0.134. The van der Waals surface area contributed by atoms with Crippen molar-refractivity contribution in [2.45, 2.75) is 45.1 Å². The average Bonchev–Trinajstić information content (AvgIpc) is 2.46. The Hall–Kier alpha value is -1.35. The van der Waals surface area contributed by atoms with Crippen molar-refractivity contribution in [3.63, 3.8) is 0 Å². The van der Waals surface area contributed by atoms with Gasteiger partial charge in [-0.3, -0.25) is 4.79 Å². The number of aryl methyl sites for hydroxylation is 2. The molecule has 1 aromatic carbocycles. The van der Waals surface area contributed by atoms with Crippen LogP contribution in [0.2, 0.25) is 0 Å². The monoisotopic (exact) mass is 274 g/mol. The molecule has 1 unspecified atom stereocenters. The van der Waals surface area contributed by atoms with Gasteiger partial charge >= 0.3 is 0 Å². The lowest BCUT2D eigenvalue weighted by Gasteiger charge is -2.36. The molecule has 20 heavy (non-hydrogen) atoms. The van der Waals surface area contributed by atoms with Crippen LogP contribution in [0, 0.1) is 6.92 Å². The van der Waals surface area contributed by atoms with Crippen LogP contribution in [0.4, 0.5) is 0 Å². The zero-order chi connectivity index (χ0) is 14.4. The van der Waals surface area contributed by atoms with E-state index in [0.29, 0.717) is 18.4 Å². The van der Waals surface area contributed by atoms with Crippen molar-refractivity contribution < 1.29 is 4.79 Å². The first-order valence-electron chi connectivity index (χ1n) is 7.70. The van der Waals surface area contributed by atoms with Crippen molar-refractivity contribution in [3.8, 4) is 0 Å². The van der Waals surface area contributed by atoms with Gasteiger partial charge < -0.3 is 10.2 Å². The zero-order valence-electron chi connectivity index (χ0n) is 12.7. The smallest absolute Gasteiger partial charge is 0.223 e. The summed E-state index contributed by atoms with van der Waals surface area (Å²) in [4.78, 5) is 14.5. The molecule has 2 rings (SSSR count). The summed E-state index contributed by atoms with van der Waals surface area (Å²) in [6, 6.07) is 8.84. The van der Waals surface area contributed by atoms with Crippen LogP contribution in [0.1, 0.15) is 36.8 Å². The standard InChI is InChI=1S/C17H26N2O/c1-14-6-5-7-15(12-14)9-10-17(20)19-11-4-3-8-16(19)13-18-2/h5-7,12,16,18H,3-4,8-11,13H2,1-2H3. The van der Waals surface area contributed by atoms with Crippen LogP contribution < -0.4 is 5.32 Å². The van der Waals surface area contributed by atoms with Crippen molar-refractivity contribution in [3.05, 3.63) is 35.4 Å². The summed E-state index contributed by atoms with van der Waals surface area (Å²) < 4.78 is 0. The number of likely N-dealkylation sites (tertiary alicyclic amines) is 1. The first-order valence-corrected chi connectivity index (χ1v) is 7.70. The molecule has 1 saturated heterocycles. The summed E-state index contributed by atoms with van der Waals surface area (Å²) in [6.07, 6.45) is 5.01. The number of likely N-dealkylation sites (N-methyl/N-ethyl adjacent to an activating group) is 1. The molecule has 1 amide bonds. The van der Waals surface area contributed by atoms with E-state index in [9.17, 15) is 4.79 Å². The minimum absolute atomic E-state index is 0.312. The van der Waals surface area contributed by atoms with Crippen LogP contribution in [-0.4, -0.2) is 37.0 Å². The molecule has 0 aliphatic carbocycles. The highest BCUT2D eigenvalue weighted by Gasteiger charge is 2.25. The molecule has 1 aliphatic heterocycles. The van der Waals surface area contributed by atoms with Gasteiger partial charge in [-0.05, 0) is 45.2 Å². The summed E-state index contributed by atoms with van der Waals surface area (Å²) in [5.41, 5.74) is 2.53. The fraction of sp³-hybridized carbons (Fsp3) is 0.588. The number of hydrogen-bond acceptors (Lipinski definition) is 2. The van der Waals surface area contributed by atoms with Crippen LogP contribution in [-0.2, 0) is 11.2 Å². The molecule has 110 valence electrons.